The van der Waals surface area contributed by atoms with Gasteiger partial charge < -0.3 is 0 Å². The number of nitrogens with one attached hydrogen (secondary N) is 1. The summed E-state index contributed by atoms with van der Waals surface area (Å²) in [5.41, 5.74) is 3.26. The molecule has 1 aliphatic heterocycles. The molecule has 0 aromatic rings. The Morgan fingerprint density at radius 2 is 1.73 bits per heavy atom. The highest BCUT2D eigenvalue weighted by molar-refractivity contribution is 4.82. The van der Waals surface area contributed by atoms with Crippen LogP contribution in [0.15, 0.2) is 0 Å². The summed E-state index contributed by atoms with van der Waals surface area (Å²) < 4.78 is 0. The van der Waals surface area contributed by atoms with Crippen molar-refractivity contribution in [2.24, 2.45) is 0 Å². The molecule has 1 N–H and O–H groups in total. The molecule has 1 heterocycles. The lowest BCUT2D eigenvalue weighted by atomic mass is 10.1. The van der Waals surface area contributed by atoms with Gasteiger partial charge in [-0.1, -0.05) is 19.8 Å². The third-order valence-corrected chi connectivity index (χ3v) is 3.44. The minimum Gasteiger partial charge on any atom is -0.295 e. The number of nitrogens with zero attached hydrogens (tertiary/aromatic N) is 2. The molecule has 2 unspecified atom stereocenters. The third kappa shape index (κ3) is 3.74. The van der Waals surface area contributed by atoms with E-state index in [1.807, 2.05) is 7.05 Å². The second-order valence-corrected chi connectivity index (χ2v) is 4.77. The number of hydrogen-bond acceptors (Lipinski definition) is 3. The van der Waals surface area contributed by atoms with Crippen molar-refractivity contribution < 1.29 is 0 Å². The fourth-order valence-corrected chi connectivity index (χ4v) is 2.52. The first-order chi connectivity index (χ1) is 7.19. The number of piperazine rings is 1. The van der Waals surface area contributed by atoms with E-state index in [1.54, 1.807) is 0 Å². The maximum Gasteiger partial charge on any atom is 0.0285 e. The summed E-state index contributed by atoms with van der Waals surface area (Å²) in [5.74, 6) is 0. The molecule has 1 rings (SSSR count). The van der Waals surface area contributed by atoms with Crippen molar-refractivity contribution >= 4 is 0 Å². The molecule has 15 heavy (non-hydrogen) atoms. The first kappa shape index (κ1) is 12.9. The van der Waals surface area contributed by atoms with E-state index in [2.05, 4.69) is 36.1 Å². The van der Waals surface area contributed by atoms with Crippen LogP contribution in [0.3, 0.4) is 0 Å². The first-order valence-corrected chi connectivity index (χ1v) is 6.37. The van der Waals surface area contributed by atoms with Crippen LogP contribution in [0.1, 0.15) is 40.0 Å². The second kappa shape index (κ2) is 6.46. The fourth-order valence-electron chi connectivity index (χ4n) is 2.52. The SMILES string of the molecule is CCCCCN1C(C)CN(NC)CC1C. The zero-order valence-electron chi connectivity index (χ0n) is 10.8. The van der Waals surface area contributed by atoms with Crippen LogP contribution in [0.2, 0.25) is 0 Å². The average Bonchev–Trinajstić information content (AvgIpc) is 2.22. The molecule has 0 radical (unpaired) electrons. The predicted octanol–water partition coefficient (Wildman–Crippen LogP) is 1.71. The minimum absolute atomic E-state index is 0.679. The van der Waals surface area contributed by atoms with Gasteiger partial charge in [0.25, 0.3) is 0 Å². The van der Waals surface area contributed by atoms with E-state index in [1.165, 1.54) is 25.8 Å². The van der Waals surface area contributed by atoms with Crippen LogP contribution in [0, 0.1) is 0 Å². The van der Waals surface area contributed by atoms with Crippen LogP contribution in [0.5, 0.6) is 0 Å². The van der Waals surface area contributed by atoms with Crippen molar-refractivity contribution in [3.8, 4) is 0 Å². The van der Waals surface area contributed by atoms with Crippen LogP contribution in [-0.4, -0.2) is 48.7 Å². The molecule has 3 nitrogen and oxygen atoms in total. The largest absolute Gasteiger partial charge is 0.295 e. The monoisotopic (exact) mass is 213 g/mol. The van der Waals surface area contributed by atoms with E-state index in [9.17, 15) is 0 Å². The number of hydrazine groups is 1. The van der Waals surface area contributed by atoms with Gasteiger partial charge in [0.05, 0.1) is 0 Å². The highest BCUT2D eigenvalue weighted by atomic mass is 15.5. The molecule has 0 saturated carbocycles. The highest BCUT2D eigenvalue weighted by Gasteiger charge is 2.27. The van der Waals surface area contributed by atoms with E-state index in [4.69, 9.17) is 0 Å². The van der Waals surface area contributed by atoms with Gasteiger partial charge in [-0.2, -0.15) is 0 Å². The number of hydrogen-bond donors (Lipinski definition) is 1. The molecule has 1 aliphatic rings. The van der Waals surface area contributed by atoms with Gasteiger partial charge in [-0.05, 0) is 33.9 Å². The first-order valence-electron chi connectivity index (χ1n) is 6.37. The standard InChI is InChI=1S/C12H27N3/c1-5-6-7-8-15-11(2)9-14(13-4)10-12(15)3/h11-13H,5-10H2,1-4H3. The Bertz CT molecular complexity index is 160. The third-order valence-electron chi connectivity index (χ3n) is 3.44. The quantitative estimate of drug-likeness (QED) is 0.701. The zero-order chi connectivity index (χ0) is 11.3. The maximum absolute atomic E-state index is 3.26. The van der Waals surface area contributed by atoms with Crippen LogP contribution >= 0.6 is 0 Å². The Balaban J connectivity index is 2.36. The van der Waals surface area contributed by atoms with E-state index < -0.39 is 0 Å². The number of rotatable bonds is 5. The van der Waals surface area contributed by atoms with Crippen molar-refractivity contribution in [1.82, 2.24) is 15.3 Å². The van der Waals surface area contributed by atoms with Gasteiger partial charge in [0.15, 0.2) is 0 Å². The van der Waals surface area contributed by atoms with Crippen molar-refractivity contribution in [3.63, 3.8) is 0 Å². The van der Waals surface area contributed by atoms with Crippen molar-refractivity contribution in [3.05, 3.63) is 0 Å². The van der Waals surface area contributed by atoms with Gasteiger partial charge in [0, 0.05) is 25.2 Å². The molecule has 0 aliphatic carbocycles. The lowest BCUT2D eigenvalue weighted by molar-refractivity contribution is 0.0159. The Morgan fingerprint density at radius 1 is 1.13 bits per heavy atom. The summed E-state index contributed by atoms with van der Waals surface area (Å²) >= 11 is 0. The summed E-state index contributed by atoms with van der Waals surface area (Å²) in [6, 6.07) is 1.36. The Morgan fingerprint density at radius 3 is 2.20 bits per heavy atom. The molecule has 90 valence electrons. The van der Waals surface area contributed by atoms with E-state index in [0.717, 1.165) is 13.1 Å². The molecule has 1 fully saturated rings. The van der Waals surface area contributed by atoms with Gasteiger partial charge in [-0.25, -0.2) is 5.01 Å². The van der Waals surface area contributed by atoms with Crippen LogP contribution in [0.25, 0.3) is 0 Å². The molecule has 3 heteroatoms. The minimum atomic E-state index is 0.679. The molecule has 0 aromatic carbocycles. The van der Waals surface area contributed by atoms with Crippen molar-refractivity contribution in [1.29, 1.82) is 0 Å². The molecule has 0 bridgehead atoms. The molecule has 0 spiro atoms. The Labute approximate surface area is 94.8 Å². The summed E-state index contributed by atoms with van der Waals surface area (Å²) in [6.07, 6.45) is 4.04. The molecular weight excluding hydrogens is 186 g/mol. The Kier molecular flexibility index (Phi) is 5.58. The number of unbranched alkanes of at least 4 members (excludes halogenated alkanes) is 2. The van der Waals surface area contributed by atoms with E-state index >= 15 is 0 Å². The summed E-state index contributed by atoms with van der Waals surface area (Å²) in [5, 5.41) is 2.33. The smallest absolute Gasteiger partial charge is 0.0285 e. The second-order valence-electron chi connectivity index (χ2n) is 4.77. The molecular formula is C12H27N3. The predicted molar refractivity (Wildman–Crippen MR) is 65.8 cm³/mol. The zero-order valence-corrected chi connectivity index (χ0v) is 10.8. The van der Waals surface area contributed by atoms with Gasteiger partial charge in [-0.3, -0.25) is 10.3 Å². The average molecular weight is 213 g/mol. The van der Waals surface area contributed by atoms with Gasteiger partial charge in [0.2, 0.25) is 0 Å². The van der Waals surface area contributed by atoms with Crippen molar-refractivity contribution in [2.45, 2.75) is 52.1 Å². The highest BCUT2D eigenvalue weighted by Crippen LogP contribution is 2.15. The maximum atomic E-state index is 3.26. The molecule has 2 atom stereocenters. The lowest BCUT2D eigenvalue weighted by Gasteiger charge is -2.44. The Hall–Kier alpha value is -0.120. The van der Waals surface area contributed by atoms with Crippen LogP contribution in [0.4, 0.5) is 0 Å². The van der Waals surface area contributed by atoms with Crippen LogP contribution in [-0.2, 0) is 0 Å². The van der Waals surface area contributed by atoms with Gasteiger partial charge >= 0.3 is 0 Å². The summed E-state index contributed by atoms with van der Waals surface area (Å²) in [6.45, 7) is 10.5. The summed E-state index contributed by atoms with van der Waals surface area (Å²) in [4.78, 5) is 2.66. The summed E-state index contributed by atoms with van der Waals surface area (Å²) in [7, 11) is 2.02. The van der Waals surface area contributed by atoms with Gasteiger partial charge in [-0.15, -0.1) is 0 Å². The van der Waals surface area contributed by atoms with Gasteiger partial charge in [0.1, 0.15) is 0 Å². The normalized spacial score (nSPS) is 29.6. The lowest BCUT2D eigenvalue weighted by Crippen LogP contribution is -2.59. The topological polar surface area (TPSA) is 18.5 Å². The molecule has 1 saturated heterocycles. The van der Waals surface area contributed by atoms with E-state index in [-0.39, 0.29) is 0 Å². The van der Waals surface area contributed by atoms with Crippen molar-refractivity contribution in [2.75, 3.05) is 26.7 Å². The fraction of sp³-hybridized carbons (Fsp3) is 1.00. The molecule has 0 aromatic heterocycles. The van der Waals surface area contributed by atoms with E-state index in [0.29, 0.717) is 12.1 Å². The van der Waals surface area contributed by atoms with Crippen LogP contribution < -0.4 is 5.43 Å². The molecule has 0 amide bonds.